The van der Waals surface area contributed by atoms with Gasteiger partial charge in [0, 0.05) is 17.9 Å². The molecule has 27 heavy (non-hydrogen) atoms. The molecule has 0 saturated carbocycles. The first-order chi connectivity index (χ1) is 13.0. The Kier molecular flexibility index (Phi) is 5.28. The summed E-state index contributed by atoms with van der Waals surface area (Å²) in [6.07, 6.45) is 0.774. The lowest BCUT2D eigenvalue weighted by molar-refractivity contribution is 0.0999. The molecule has 0 atom stereocenters. The number of aromatic nitrogens is 1. The molecule has 0 fully saturated rings. The SMILES string of the molecule is COc1cccc(CCn2c(-c3cccc(C#N)c3)cc(C(N)=O)c2C)c1. The molecule has 0 aliphatic heterocycles. The number of aryl methyl sites for hydroxylation is 1. The molecule has 1 amide bonds. The summed E-state index contributed by atoms with van der Waals surface area (Å²) in [6, 6.07) is 19.2. The number of ether oxygens (including phenoxy) is 1. The van der Waals surface area contributed by atoms with Crippen molar-refractivity contribution in [2.24, 2.45) is 5.73 Å². The highest BCUT2D eigenvalue weighted by atomic mass is 16.5. The third kappa shape index (κ3) is 3.85. The fourth-order valence-corrected chi connectivity index (χ4v) is 3.24. The van der Waals surface area contributed by atoms with Crippen LogP contribution in [-0.4, -0.2) is 17.6 Å². The molecule has 1 aromatic heterocycles. The number of carbonyl (C=O) groups is 1. The van der Waals surface area contributed by atoms with Crippen LogP contribution in [0.15, 0.2) is 54.6 Å². The number of primary amides is 1. The van der Waals surface area contributed by atoms with Crippen molar-refractivity contribution in [2.75, 3.05) is 7.11 Å². The first kappa shape index (κ1) is 18.3. The van der Waals surface area contributed by atoms with E-state index in [1.165, 1.54) is 0 Å². The van der Waals surface area contributed by atoms with Gasteiger partial charge in [0.2, 0.25) is 0 Å². The summed E-state index contributed by atoms with van der Waals surface area (Å²) in [5, 5.41) is 9.18. The van der Waals surface area contributed by atoms with Gasteiger partial charge in [-0.25, -0.2) is 0 Å². The maximum Gasteiger partial charge on any atom is 0.250 e. The second kappa shape index (κ2) is 7.79. The van der Waals surface area contributed by atoms with Gasteiger partial charge in [0.1, 0.15) is 5.75 Å². The smallest absolute Gasteiger partial charge is 0.250 e. The Morgan fingerprint density at radius 3 is 2.67 bits per heavy atom. The minimum atomic E-state index is -0.453. The summed E-state index contributed by atoms with van der Waals surface area (Å²) in [4.78, 5) is 11.8. The Morgan fingerprint density at radius 2 is 1.96 bits per heavy atom. The van der Waals surface area contributed by atoms with Crippen LogP contribution in [-0.2, 0) is 13.0 Å². The van der Waals surface area contributed by atoms with E-state index in [0.717, 1.165) is 34.7 Å². The van der Waals surface area contributed by atoms with Crippen LogP contribution in [0.25, 0.3) is 11.3 Å². The van der Waals surface area contributed by atoms with E-state index in [2.05, 4.69) is 10.6 Å². The summed E-state index contributed by atoms with van der Waals surface area (Å²) in [5.41, 5.74) is 10.3. The summed E-state index contributed by atoms with van der Waals surface area (Å²) in [7, 11) is 1.65. The van der Waals surface area contributed by atoms with Crippen molar-refractivity contribution in [2.45, 2.75) is 19.9 Å². The van der Waals surface area contributed by atoms with E-state index in [4.69, 9.17) is 10.5 Å². The highest BCUT2D eigenvalue weighted by Gasteiger charge is 2.17. The van der Waals surface area contributed by atoms with Crippen molar-refractivity contribution in [1.29, 1.82) is 5.26 Å². The predicted molar refractivity (Wildman–Crippen MR) is 105 cm³/mol. The number of nitrogens with zero attached hydrogens (tertiary/aromatic N) is 2. The lowest BCUT2D eigenvalue weighted by Crippen LogP contribution is -2.13. The number of methoxy groups -OCH3 is 1. The highest BCUT2D eigenvalue weighted by molar-refractivity contribution is 5.95. The monoisotopic (exact) mass is 359 g/mol. The van der Waals surface area contributed by atoms with Gasteiger partial charge in [-0.3, -0.25) is 4.79 Å². The van der Waals surface area contributed by atoms with E-state index in [1.54, 1.807) is 19.2 Å². The zero-order valence-electron chi connectivity index (χ0n) is 15.4. The first-order valence-electron chi connectivity index (χ1n) is 8.67. The third-order valence-corrected chi connectivity index (χ3v) is 4.68. The van der Waals surface area contributed by atoms with Crippen LogP contribution in [0.3, 0.4) is 0 Å². The Balaban J connectivity index is 2.00. The van der Waals surface area contributed by atoms with Crippen molar-refractivity contribution in [1.82, 2.24) is 4.57 Å². The molecule has 0 bridgehead atoms. The number of benzene rings is 2. The second-order valence-electron chi connectivity index (χ2n) is 6.34. The topological polar surface area (TPSA) is 81.0 Å². The van der Waals surface area contributed by atoms with Crippen molar-refractivity contribution in [3.63, 3.8) is 0 Å². The van der Waals surface area contributed by atoms with Crippen molar-refractivity contribution in [3.05, 3.63) is 77.0 Å². The molecular weight excluding hydrogens is 338 g/mol. The van der Waals surface area contributed by atoms with Crippen LogP contribution in [0.4, 0.5) is 0 Å². The van der Waals surface area contributed by atoms with Crippen molar-refractivity contribution in [3.8, 4) is 23.1 Å². The van der Waals surface area contributed by atoms with E-state index >= 15 is 0 Å². The Bertz CT molecular complexity index is 1030. The summed E-state index contributed by atoms with van der Waals surface area (Å²) >= 11 is 0. The van der Waals surface area contributed by atoms with E-state index in [1.807, 2.05) is 49.4 Å². The number of amides is 1. The molecule has 2 N–H and O–H groups in total. The van der Waals surface area contributed by atoms with Gasteiger partial charge >= 0.3 is 0 Å². The predicted octanol–water partition coefficient (Wildman–Crippen LogP) is 3.69. The van der Waals surface area contributed by atoms with Crippen LogP contribution >= 0.6 is 0 Å². The van der Waals surface area contributed by atoms with Gasteiger partial charge in [-0.05, 0) is 54.8 Å². The highest BCUT2D eigenvalue weighted by Crippen LogP contribution is 2.27. The fourth-order valence-electron chi connectivity index (χ4n) is 3.24. The number of rotatable bonds is 6. The molecule has 0 aliphatic carbocycles. The molecule has 3 rings (SSSR count). The maximum atomic E-state index is 11.8. The molecule has 5 heteroatoms. The van der Waals surface area contributed by atoms with Crippen molar-refractivity contribution < 1.29 is 9.53 Å². The molecular formula is C22H21N3O2. The molecule has 0 spiro atoms. The standard InChI is InChI=1S/C22H21N3O2/c1-15-20(22(24)26)13-21(18-7-3-6-17(11-18)14-23)25(15)10-9-16-5-4-8-19(12-16)27-2/h3-8,11-13H,9-10H2,1-2H3,(H2,24,26). The fraction of sp³-hybridized carbons (Fsp3) is 0.182. The van der Waals surface area contributed by atoms with Gasteiger partial charge in [-0.2, -0.15) is 5.26 Å². The van der Waals surface area contributed by atoms with Gasteiger partial charge in [0.05, 0.1) is 24.3 Å². The molecule has 136 valence electrons. The number of hydrogen-bond donors (Lipinski definition) is 1. The molecule has 0 saturated heterocycles. The Hall–Kier alpha value is -3.52. The van der Waals surface area contributed by atoms with Crippen LogP contribution in [0, 0.1) is 18.3 Å². The van der Waals surface area contributed by atoms with E-state index in [-0.39, 0.29) is 0 Å². The number of nitriles is 1. The van der Waals surface area contributed by atoms with Gasteiger partial charge in [-0.15, -0.1) is 0 Å². The molecule has 2 aromatic carbocycles. The quantitative estimate of drug-likeness (QED) is 0.729. The van der Waals surface area contributed by atoms with Crippen molar-refractivity contribution >= 4 is 5.91 Å². The normalized spacial score (nSPS) is 10.4. The van der Waals surface area contributed by atoms with Crippen LogP contribution in [0.1, 0.15) is 27.2 Å². The van der Waals surface area contributed by atoms with Gasteiger partial charge in [0.25, 0.3) is 5.91 Å². The Morgan fingerprint density at radius 1 is 1.19 bits per heavy atom. The van der Waals surface area contributed by atoms with Gasteiger partial charge in [-0.1, -0.05) is 24.3 Å². The largest absolute Gasteiger partial charge is 0.497 e. The first-order valence-corrected chi connectivity index (χ1v) is 8.67. The third-order valence-electron chi connectivity index (χ3n) is 4.68. The zero-order chi connectivity index (χ0) is 19.4. The minimum Gasteiger partial charge on any atom is -0.497 e. The number of hydrogen-bond acceptors (Lipinski definition) is 3. The molecule has 5 nitrogen and oxygen atoms in total. The number of carbonyl (C=O) groups excluding carboxylic acids is 1. The average molecular weight is 359 g/mol. The summed E-state index contributed by atoms with van der Waals surface area (Å²) < 4.78 is 7.37. The minimum absolute atomic E-state index is 0.453. The number of nitrogens with two attached hydrogens (primary N) is 1. The lowest BCUT2D eigenvalue weighted by Gasteiger charge is -2.13. The zero-order valence-corrected chi connectivity index (χ0v) is 15.4. The molecule has 0 unspecified atom stereocenters. The maximum absolute atomic E-state index is 11.8. The van der Waals surface area contributed by atoms with Gasteiger partial charge in [0.15, 0.2) is 0 Å². The summed E-state index contributed by atoms with van der Waals surface area (Å²) in [5.74, 6) is 0.363. The lowest BCUT2D eigenvalue weighted by atomic mass is 10.1. The van der Waals surface area contributed by atoms with E-state index in [0.29, 0.717) is 17.7 Å². The Labute approximate surface area is 158 Å². The molecule has 0 aliphatic rings. The average Bonchev–Trinajstić information content (AvgIpc) is 3.03. The van der Waals surface area contributed by atoms with E-state index in [9.17, 15) is 10.1 Å². The van der Waals surface area contributed by atoms with Gasteiger partial charge < -0.3 is 15.0 Å². The second-order valence-corrected chi connectivity index (χ2v) is 6.34. The molecule has 1 heterocycles. The van der Waals surface area contributed by atoms with Crippen LogP contribution in [0.2, 0.25) is 0 Å². The van der Waals surface area contributed by atoms with Crippen LogP contribution < -0.4 is 10.5 Å². The summed E-state index contributed by atoms with van der Waals surface area (Å²) in [6.45, 7) is 2.57. The van der Waals surface area contributed by atoms with Crippen LogP contribution in [0.5, 0.6) is 5.75 Å². The molecule has 3 aromatic rings. The molecule has 0 radical (unpaired) electrons. The van der Waals surface area contributed by atoms with E-state index < -0.39 is 5.91 Å².